The molecule has 0 atom stereocenters. The van der Waals surface area contributed by atoms with Gasteiger partial charge in [-0.3, -0.25) is 4.79 Å². The van der Waals surface area contributed by atoms with Gasteiger partial charge in [-0.15, -0.1) is 0 Å². The van der Waals surface area contributed by atoms with Crippen LogP contribution in [-0.2, 0) is 72.5 Å². The van der Waals surface area contributed by atoms with Crippen LogP contribution < -0.4 is 11.3 Å². The third kappa shape index (κ3) is 2.70. The first-order valence-corrected chi connectivity index (χ1v) is 3.76. The van der Waals surface area contributed by atoms with E-state index >= 15 is 0 Å². The number of H-pyrrole nitrogens is 1. The topological polar surface area (TPSA) is 76.7 Å². The molecule has 2 radical (unpaired) electrons. The van der Waals surface area contributed by atoms with E-state index in [0.29, 0.717) is 16.6 Å². The second-order valence-electron chi connectivity index (χ2n) is 2.92. The summed E-state index contributed by atoms with van der Waals surface area (Å²) in [5.74, 6) is 0.124. The third-order valence-electron chi connectivity index (χ3n) is 1.92. The molecule has 0 aliphatic rings. The minimum atomic E-state index is -0.242. The van der Waals surface area contributed by atoms with Crippen molar-refractivity contribution in [3.8, 4) is 0 Å². The molecule has 5 nitrogen and oxygen atoms in total. The van der Waals surface area contributed by atoms with Crippen LogP contribution >= 0.6 is 0 Å². The van der Waals surface area contributed by atoms with Crippen molar-refractivity contribution in [1.29, 1.82) is 0 Å². The van der Waals surface area contributed by atoms with E-state index in [1.807, 2.05) is 0 Å². The van der Waals surface area contributed by atoms with Crippen molar-refractivity contribution in [2.24, 2.45) is 7.05 Å². The van der Waals surface area contributed by atoms with Crippen LogP contribution in [0.5, 0.6) is 0 Å². The predicted molar refractivity (Wildman–Crippen MR) is 50.2 cm³/mol. The molecule has 74 valence electrons. The molecule has 0 fully saturated rings. The molecule has 0 spiro atoms. The number of aromatic amines is 1. The molecule has 3 N–H and O–H groups in total. The molecule has 7 heteroatoms. The van der Waals surface area contributed by atoms with Crippen LogP contribution in [0.15, 0.2) is 11.0 Å². The number of anilines is 1. The Balaban J connectivity index is 0.000000980. The number of fused-ring (bicyclic) bond motifs is 1. The summed E-state index contributed by atoms with van der Waals surface area (Å²) in [6, 6.07) is 0. The number of hydrogen-bond acceptors (Lipinski definition) is 3. The Morgan fingerprint density at radius 2 is 2.13 bits per heavy atom. The summed E-state index contributed by atoms with van der Waals surface area (Å²) >= 11 is 0. The number of nitrogens with one attached hydrogen (secondary N) is 1. The number of nitrogen functional groups attached to an aromatic ring is 1. The maximum atomic E-state index is 11.4. The Kier molecular flexibility index (Phi) is 5.68. The summed E-state index contributed by atoms with van der Waals surface area (Å²) in [5, 5.41) is 0.497. The first kappa shape index (κ1) is 15.3. The molecule has 0 amide bonds. The van der Waals surface area contributed by atoms with Gasteiger partial charge in [-0.25, -0.2) is 4.98 Å². The molecular formula is C8H9N4OY2-. The van der Waals surface area contributed by atoms with Crippen LogP contribution in [-0.4, -0.2) is 14.5 Å². The van der Waals surface area contributed by atoms with Crippen molar-refractivity contribution in [2.75, 3.05) is 5.73 Å². The monoisotopic (exact) mass is 355 g/mol. The van der Waals surface area contributed by atoms with Gasteiger partial charge in [0.25, 0.3) is 0 Å². The van der Waals surface area contributed by atoms with Crippen molar-refractivity contribution in [1.82, 2.24) is 14.5 Å². The second kappa shape index (κ2) is 5.57. The standard InChI is InChI=1S/C8H9N4O.2Y/c1-4-3-12(2)6-5(4)7(13)11-8(9)10-6;;/h3H,1H2,2H3,(H3,9,10,11,13);;/q-1;;. The molecule has 0 unspecified atom stereocenters. The molecule has 2 aromatic heterocycles. The average molecular weight is 355 g/mol. The minimum absolute atomic E-state index is 0. The zero-order chi connectivity index (χ0) is 9.59. The molecule has 0 aromatic carbocycles. The van der Waals surface area contributed by atoms with Crippen molar-refractivity contribution in [3.05, 3.63) is 29.0 Å². The molecular weight excluding hydrogens is 346 g/mol. The molecule has 0 bridgehead atoms. The van der Waals surface area contributed by atoms with E-state index < -0.39 is 0 Å². The predicted octanol–water partition coefficient (Wildman–Crippen LogP) is 0.0210. The number of aryl methyl sites for hydroxylation is 1. The second-order valence-corrected chi connectivity index (χ2v) is 2.92. The van der Waals surface area contributed by atoms with Gasteiger partial charge in [0.2, 0.25) is 5.56 Å². The summed E-state index contributed by atoms with van der Waals surface area (Å²) < 4.78 is 1.73. The van der Waals surface area contributed by atoms with Crippen LogP contribution in [0.2, 0.25) is 0 Å². The van der Waals surface area contributed by atoms with E-state index in [9.17, 15) is 4.79 Å². The van der Waals surface area contributed by atoms with Gasteiger partial charge in [-0.1, -0.05) is 6.20 Å². The molecule has 0 saturated heterocycles. The normalized spacial score (nSPS) is 9.40. The Hall–Kier alpha value is 0.298. The van der Waals surface area contributed by atoms with Crippen LogP contribution in [0.25, 0.3) is 11.0 Å². The number of aromatic nitrogens is 3. The first-order chi connectivity index (χ1) is 6.09. The number of rotatable bonds is 0. The smallest absolute Gasteiger partial charge is 0.206 e. The van der Waals surface area contributed by atoms with Gasteiger partial charge in [0.05, 0.1) is 5.65 Å². The van der Waals surface area contributed by atoms with Gasteiger partial charge in [0.15, 0.2) is 5.95 Å². The Bertz CT molecular complexity index is 531. The quantitative estimate of drug-likeness (QED) is 0.655. The van der Waals surface area contributed by atoms with E-state index in [2.05, 4.69) is 16.9 Å². The summed E-state index contributed by atoms with van der Waals surface area (Å²) in [6.07, 6.45) is 1.74. The maximum absolute atomic E-state index is 11.4. The van der Waals surface area contributed by atoms with Gasteiger partial charge >= 0.3 is 0 Å². The Morgan fingerprint density at radius 3 is 2.73 bits per heavy atom. The van der Waals surface area contributed by atoms with E-state index in [4.69, 9.17) is 5.73 Å². The van der Waals surface area contributed by atoms with E-state index in [1.54, 1.807) is 17.8 Å². The summed E-state index contributed by atoms with van der Waals surface area (Å²) in [4.78, 5) is 17.8. The van der Waals surface area contributed by atoms with Crippen molar-refractivity contribution >= 4 is 17.0 Å². The van der Waals surface area contributed by atoms with E-state index in [1.165, 1.54) is 0 Å². The van der Waals surface area contributed by atoms with E-state index in [-0.39, 0.29) is 76.9 Å². The van der Waals surface area contributed by atoms with E-state index in [0.717, 1.165) is 0 Å². The molecule has 2 heterocycles. The van der Waals surface area contributed by atoms with Gasteiger partial charge < -0.3 is 15.3 Å². The zero-order valence-corrected chi connectivity index (χ0v) is 14.0. The summed E-state index contributed by atoms with van der Waals surface area (Å²) in [5.41, 5.74) is 6.38. The van der Waals surface area contributed by atoms with Gasteiger partial charge in [0.1, 0.15) is 0 Å². The molecule has 2 rings (SSSR count). The summed E-state index contributed by atoms with van der Waals surface area (Å²) in [7, 11) is 1.79. The van der Waals surface area contributed by atoms with Crippen LogP contribution in [0.4, 0.5) is 5.95 Å². The number of nitrogens with two attached hydrogens (primary N) is 1. The first-order valence-electron chi connectivity index (χ1n) is 3.76. The van der Waals surface area contributed by atoms with Gasteiger partial charge in [-0.05, 0) is 12.4 Å². The van der Waals surface area contributed by atoms with Crippen LogP contribution in [0.1, 0.15) is 5.56 Å². The Morgan fingerprint density at radius 1 is 1.53 bits per heavy atom. The van der Waals surface area contributed by atoms with Gasteiger partial charge in [-0.2, -0.15) is 12.5 Å². The van der Waals surface area contributed by atoms with Crippen molar-refractivity contribution in [2.45, 2.75) is 0 Å². The Labute approximate surface area is 137 Å². The van der Waals surface area contributed by atoms with Crippen LogP contribution in [0.3, 0.4) is 0 Å². The summed E-state index contributed by atoms with van der Waals surface area (Å²) in [6.45, 7) is 3.74. The fraction of sp³-hybridized carbons (Fsp3) is 0.125. The fourth-order valence-electron chi connectivity index (χ4n) is 1.38. The zero-order valence-electron chi connectivity index (χ0n) is 8.32. The van der Waals surface area contributed by atoms with Crippen molar-refractivity contribution < 1.29 is 65.4 Å². The van der Waals surface area contributed by atoms with Crippen molar-refractivity contribution in [3.63, 3.8) is 0 Å². The number of hydrogen-bond donors (Lipinski definition) is 2. The maximum Gasteiger partial charge on any atom is 0.206 e. The minimum Gasteiger partial charge on any atom is -0.398 e. The largest absolute Gasteiger partial charge is 0.398 e. The molecule has 2 aromatic rings. The molecule has 0 aliphatic heterocycles. The number of nitrogens with zero attached hydrogens (tertiary/aromatic N) is 2. The molecule has 0 saturated carbocycles. The average Bonchev–Trinajstić information content (AvgIpc) is 2.27. The fourth-order valence-corrected chi connectivity index (χ4v) is 1.38. The molecule has 15 heavy (non-hydrogen) atoms. The third-order valence-corrected chi connectivity index (χ3v) is 1.92. The van der Waals surface area contributed by atoms with Crippen LogP contribution in [0, 0.1) is 6.92 Å². The van der Waals surface area contributed by atoms with Gasteiger partial charge in [0, 0.05) is 65.4 Å². The molecule has 0 aliphatic carbocycles. The SMILES string of the molecule is [CH2-]c1cn(C)c2nc(N)[nH]c(=O)c12.[Y].[Y].